The Morgan fingerprint density at radius 1 is 1.29 bits per heavy atom. The lowest BCUT2D eigenvalue weighted by Crippen LogP contribution is -2.45. The molecule has 0 radical (unpaired) electrons. The molecule has 102 valence electrons. The molecule has 17 heavy (non-hydrogen) atoms. The Kier molecular flexibility index (Phi) is 4.95. The minimum Gasteiger partial charge on any atom is -0.314 e. The van der Waals surface area contributed by atoms with Crippen molar-refractivity contribution in [2.24, 2.45) is 0 Å². The molecule has 0 aromatic heterocycles. The highest BCUT2D eigenvalue weighted by atomic mass is 32.2. The quantitative estimate of drug-likeness (QED) is 0.756. The van der Waals surface area contributed by atoms with Gasteiger partial charge in [-0.3, -0.25) is 0 Å². The molecule has 1 saturated carbocycles. The first kappa shape index (κ1) is 15.3. The second kappa shape index (κ2) is 5.49. The normalized spacial score (nSPS) is 20.0. The van der Waals surface area contributed by atoms with Crippen LogP contribution in [-0.4, -0.2) is 43.0 Å². The summed E-state index contributed by atoms with van der Waals surface area (Å²) in [5, 5.41) is 3.31. The van der Waals surface area contributed by atoms with E-state index in [0.717, 1.165) is 6.54 Å². The summed E-state index contributed by atoms with van der Waals surface area (Å²) >= 11 is 1.91. The van der Waals surface area contributed by atoms with E-state index in [9.17, 15) is 8.42 Å². The predicted octanol–water partition coefficient (Wildman–Crippen LogP) is 2.07. The van der Waals surface area contributed by atoms with Crippen molar-refractivity contribution in [1.29, 1.82) is 0 Å². The first-order valence-electron chi connectivity index (χ1n) is 6.21. The SMILES string of the molecule is CSC1(CNCCS(=O)(=O)C(C)(C)C)CCC1. The zero-order valence-electron chi connectivity index (χ0n) is 11.4. The van der Waals surface area contributed by atoms with Gasteiger partial charge in [-0.05, 0) is 39.9 Å². The summed E-state index contributed by atoms with van der Waals surface area (Å²) in [6.45, 7) is 6.79. The van der Waals surface area contributed by atoms with Gasteiger partial charge >= 0.3 is 0 Å². The van der Waals surface area contributed by atoms with Gasteiger partial charge in [-0.15, -0.1) is 0 Å². The van der Waals surface area contributed by atoms with Crippen molar-refractivity contribution in [1.82, 2.24) is 5.32 Å². The van der Waals surface area contributed by atoms with Gasteiger partial charge in [0.05, 0.1) is 10.5 Å². The smallest absolute Gasteiger partial charge is 0.156 e. The van der Waals surface area contributed by atoms with Crippen molar-refractivity contribution in [3.05, 3.63) is 0 Å². The fourth-order valence-electron chi connectivity index (χ4n) is 1.85. The summed E-state index contributed by atoms with van der Waals surface area (Å²) < 4.78 is 23.5. The Bertz CT molecular complexity index is 334. The monoisotopic (exact) mass is 279 g/mol. The summed E-state index contributed by atoms with van der Waals surface area (Å²) in [4.78, 5) is 0. The maximum atomic E-state index is 11.9. The molecule has 1 fully saturated rings. The third-order valence-electron chi connectivity index (χ3n) is 3.63. The van der Waals surface area contributed by atoms with Crippen LogP contribution < -0.4 is 5.32 Å². The second-order valence-corrected chi connectivity index (χ2v) is 9.99. The lowest BCUT2D eigenvalue weighted by molar-refractivity contribution is 0.348. The van der Waals surface area contributed by atoms with Gasteiger partial charge in [-0.2, -0.15) is 11.8 Å². The van der Waals surface area contributed by atoms with E-state index in [4.69, 9.17) is 0 Å². The van der Waals surface area contributed by atoms with Gasteiger partial charge in [0.15, 0.2) is 9.84 Å². The van der Waals surface area contributed by atoms with Gasteiger partial charge in [0.2, 0.25) is 0 Å². The van der Waals surface area contributed by atoms with E-state index in [2.05, 4.69) is 11.6 Å². The van der Waals surface area contributed by atoms with Crippen molar-refractivity contribution >= 4 is 21.6 Å². The lowest BCUT2D eigenvalue weighted by atomic mass is 9.84. The minimum absolute atomic E-state index is 0.237. The molecule has 3 nitrogen and oxygen atoms in total. The molecule has 0 aromatic rings. The molecular formula is C12H25NO2S2. The molecule has 0 aliphatic heterocycles. The van der Waals surface area contributed by atoms with Crippen molar-refractivity contribution in [3.8, 4) is 0 Å². The number of rotatable bonds is 6. The van der Waals surface area contributed by atoms with Crippen molar-refractivity contribution < 1.29 is 8.42 Å². The van der Waals surface area contributed by atoms with E-state index in [1.165, 1.54) is 19.3 Å². The number of thioether (sulfide) groups is 1. The van der Waals surface area contributed by atoms with Crippen LogP contribution in [0.15, 0.2) is 0 Å². The van der Waals surface area contributed by atoms with Crippen LogP contribution in [0.1, 0.15) is 40.0 Å². The second-order valence-electron chi connectivity index (χ2n) is 5.85. The standard InChI is InChI=1S/C12H25NO2S2/c1-11(2,3)17(14,15)9-8-13-10-12(16-4)6-5-7-12/h13H,5-10H2,1-4H3. The van der Waals surface area contributed by atoms with E-state index < -0.39 is 14.6 Å². The largest absolute Gasteiger partial charge is 0.314 e. The highest BCUT2D eigenvalue weighted by Gasteiger charge is 2.35. The van der Waals surface area contributed by atoms with E-state index in [0.29, 0.717) is 11.3 Å². The summed E-state index contributed by atoms with van der Waals surface area (Å²) in [7, 11) is -2.98. The third kappa shape index (κ3) is 3.86. The third-order valence-corrected chi connectivity index (χ3v) is 7.65. The summed E-state index contributed by atoms with van der Waals surface area (Å²) in [6, 6.07) is 0. The average Bonchev–Trinajstić information content (AvgIpc) is 2.13. The Hall–Kier alpha value is 0.260. The highest BCUT2D eigenvalue weighted by Crippen LogP contribution is 2.42. The van der Waals surface area contributed by atoms with Gasteiger partial charge in [0.25, 0.3) is 0 Å². The van der Waals surface area contributed by atoms with E-state index in [1.807, 2.05) is 11.8 Å². The van der Waals surface area contributed by atoms with Crippen LogP contribution in [0.4, 0.5) is 0 Å². The Morgan fingerprint density at radius 2 is 1.88 bits per heavy atom. The van der Waals surface area contributed by atoms with Crippen LogP contribution in [-0.2, 0) is 9.84 Å². The molecule has 0 spiro atoms. The zero-order valence-corrected chi connectivity index (χ0v) is 13.0. The molecule has 0 saturated heterocycles. The molecule has 0 bridgehead atoms. The molecule has 0 heterocycles. The maximum absolute atomic E-state index is 11.9. The zero-order chi connectivity index (χ0) is 13.2. The fraction of sp³-hybridized carbons (Fsp3) is 1.00. The summed E-state index contributed by atoms with van der Waals surface area (Å²) in [5.74, 6) is 0.237. The molecular weight excluding hydrogens is 254 g/mol. The maximum Gasteiger partial charge on any atom is 0.156 e. The number of hydrogen-bond donors (Lipinski definition) is 1. The van der Waals surface area contributed by atoms with Crippen LogP contribution in [0.25, 0.3) is 0 Å². The number of nitrogens with one attached hydrogen (secondary N) is 1. The van der Waals surface area contributed by atoms with Gasteiger partial charge in [-0.1, -0.05) is 6.42 Å². The number of hydrogen-bond acceptors (Lipinski definition) is 4. The predicted molar refractivity (Wildman–Crippen MR) is 76.5 cm³/mol. The molecule has 5 heteroatoms. The Balaban J connectivity index is 2.29. The molecule has 1 N–H and O–H groups in total. The van der Waals surface area contributed by atoms with E-state index >= 15 is 0 Å². The topological polar surface area (TPSA) is 46.2 Å². The van der Waals surface area contributed by atoms with Gasteiger partial charge in [-0.25, -0.2) is 8.42 Å². The lowest BCUT2D eigenvalue weighted by Gasteiger charge is -2.40. The molecule has 0 aromatic carbocycles. The molecule has 0 unspecified atom stereocenters. The highest BCUT2D eigenvalue weighted by molar-refractivity contribution is 8.00. The first-order valence-corrected chi connectivity index (χ1v) is 9.08. The fourth-order valence-corrected chi connectivity index (χ4v) is 3.82. The number of sulfone groups is 1. The van der Waals surface area contributed by atoms with Crippen molar-refractivity contribution in [2.45, 2.75) is 49.5 Å². The van der Waals surface area contributed by atoms with Crippen LogP contribution in [0.2, 0.25) is 0 Å². The summed E-state index contributed by atoms with van der Waals surface area (Å²) in [5.41, 5.74) is 0. The Morgan fingerprint density at radius 3 is 2.24 bits per heavy atom. The average molecular weight is 279 g/mol. The van der Waals surface area contributed by atoms with Gasteiger partial charge < -0.3 is 5.32 Å². The van der Waals surface area contributed by atoms with E-state index in [-0.39, 0.29) is 5.75 Å². The Labute approximate surface area is 110 Å². The van der Waals surface area contributed by atoms with Crippen LogP contribution >= 0.6 is 11.8 Å². The molecule has 1 aliphatic rings. The molecule has 0 amide bonds. The minimum atomic E-state index is -2.98. The van der Waals surface area contributed by atoms with Crippen molar-refractivity contribution in [2.75, 3.05) is 25.1 Å². The van der Waals surface area contributed by atoms with Crippen LogP contribution in [0.5, 0.6) is 0 Å². The van der Waals surface area contributed by atoms with Crippen LogP contribution in [0.3, 0.4) is 0 Å². The van der Waals surface area contributed by atoms with Crippen molar-refractivity contribution in [3.63, 3.8) is 0 Å². The molecule has 1 rings (SSSR count). The summed E-state index contributed by atoms with van der Waals surface area (Å²) in [6.07, 6.45) is 5.97. The molecule has 1 aliphatic carbocycles. The first-order chi connectivity index (χ1) is 7.72. The molecule has 0 atom stereocenters. The van der Waals surface area contributed by atoms with Gasteiger partial charge in [0.1, 0.15) is 0 Å². The van der Waals surface area contributed by atoms with Gasteiger partial charge in [0, 0.05) is 17.8 Å². The van der Waals surface area contributed by atoms with Crippen LogP contribution in [0, 0.1) is 0 Å². The van der Waals surface area contributed by atoms with E-state index in [1.54, 1.807) is 20.8 Å².